The van der Waals surface area contributed by atoms with E-state index >= 15 is 0 Å². The standard InChI is InChI=1S/C15H23N3O/c1-2-10-18(14-9-5-4-8-13(14)16)15(19)17-11-6-3-7-12-17/h4-5,8-9H,2-3,6-7,10-12,16H2,1H3. The monoisotopic (exact) mass is 261 g/mol. The van der Waals surface area contributed by atoms with E-state index < -0.39 is 0 Å². The van der Waals surface area contributed by atoms with Crippen molar-refractivity contribution >= 4 is 17.4 Å². The van der Waals surface area contributed by atoms with Crippen LogP contribution in [-0.4, -0.2) is 30.6 Å². The van der Waals surface area contributed by atoms with Gasteiger partial charge < -0.3 is 10.6 Å². The Labute approximate surface area is 115 Å². The number of nitrogens with zero attached hydrogens (tertiary/aromatic N) is 2. The van der Waals surface area contributed by atoms with Crippen LogP contribution >= 0.6 is 0 Å². The Morgan fingerprint density at radius 2 is 1.95 bits per heavy atom. The van der Waals surface area contributed by atoms with E-state index in [9.17, 15) is 4.79 Å². The van der Waals surface area contributed by atoms with E-state index in [1.165, 1.54) is 6.42 Å². The molecule has 0 saturated carbocycles. The topological polar surface area (TPSA) is 49.6 Å². The zero-order chi connectivity index (χ0) is 13.7. The maximum atomic E-state index is 12.6. The van der Waals surface area contributed by atoms with E-state index in [0.29, 0.717) is 12.2 Å². The lowest BCUT2D eigenvalue weighted by Crippen LogP contribution is -2.46. The Bertz CT molecular complexity index is 427. The van der Waals surface area contributed by atoms with Crippen LogP contribution in [0.4, 0.5) is 16.2 Å². The van der Waals surface area contributed by atoms with Crippen LogP contribution in [0, 0.1) is 0 Å². The maximum Gasteiger partial charge on any atom is 0.324 e. The summed E-state index contributed by atoms with van der Waals surface area (Å²) in [5, 5.41) is 0. The number of urea groups is 1. The van der Waals surface area contributed by atoms with Crippen molar-refractivity contribution in [3.8, 4) is 0 Å². The number of nitrogen functional groups attached to an aromatic ring is 1. The van der Waals surface area contributed by atoms with E-state index in [0.717, 1.165) is 38.0 Å². The van der Waals surface area contributed by atoms with Crippen molar-refractivity contribution in [1.29, 1.82) is 0 Å². The molecule has 104 valence electrons. The molecule has 0 aliphatic carbocycles. The molecule has 1 aliphatic heterocycles. The second-order valence-corrected chi connectivity index (χ2v) is 5.04. The van der Waals surface area contributed by atoms with Gasteiger partial charge in [0.05, 0.1) is 11.4 Å². The van der Waals surface area contributed by atoms with Gasteiger partial charge in [-0.3, -0.25) is 4.90 Å². The van der Waals surface area contributed by atoms with Gasteiger partial charge in [0, 0.05) is 19.6 Å². The molecule has 1 aromatic carbocycles. The van der Waals surface area contributed by atoms with Gasteiger partial charge >= 0.3 is 6.03 Å². The lowest BCUT2D eigenvalue weighted by atomic mass is 10.1. The second kappa shape index (κ2) is 6.45. The van der Waals surface area contributed by atoms with Gasteiger partial charge in [-0.2, -0.15) is 0 Å². The third kappa shape index (κ3) is 3.19. The minimum absolute atomic E-state index is 0.0967. The number of hydrogen-bond donors (Lipinski definition) is 1. The highest BCUT2D eigenvalue weighted by Crippen LogP contribution is 2.24. The number of benzene rings is 1. The van der Waals surface area contributed by atoms with E-state index in [1.54, 1.807) is 0 Å². The average molecular weight is 261 g/mol. The molecule has 1 saturated heterocycles. The maximum absolute atomic E-state index is 12.6. The van der Waals surface area contributed by atoms with Crippen molar-refractivity contribution in [2.75, 3.05) is 30.3 Å². The van der Waals surface area contributed by atoms with E-state index in [4.69, 9.17) is 5.73 Å². The van der Waals surface area contributed by atoms with Crippen molar-refractivity contribution < 1.29 is 4.79 Å². The molecule has 0 spiro atoms. The lowest BCUT2D eigenvalue weighted by molar-refractivity contribution is 0.193. The molecule has 0 radical (unpaired) electrons. The molecule has 19 heavy (non-hydrogen) atoms. The number of anilines is 2. The predicted molar refractivity (Wildman–Crippen MR) is 79.3 cm³/mol. The van der Waals surface area contributed by atoms with Crippen LogP contribution in [0.2, 0.25) is 0 Å². The SMILES string of the molecule is CCCN(C(=O)N1CCCCC1)c1ccccc1N. The molecule has 1 aromatic rings. The highest BCUT2D eigenvalue weighted by molar-refractivity contribution is 5.95. The van der Waals surface area contributed by atoms with Crippen LogP contribution in [0.15, 0.2) is 24.3 Å². The third-order valence-electron chi connectivity index (χ3n) is 3.53. The fraction of sp³-hybridized carbons (Fsp3) is 0.533. The van der Waals surface area contributed by atoms with Crippen LogP contribution in [0.25, 0.3) is 0 Å². The summed E-state index contributed by atoms with van der Waals surface area (Å²) >= 11 is 0. The van der Waals surface area contributed by atoms with Crippen molar-refractivity contribution in [2.45, 2.75) is 32.6 Å². The number of amides is 2. The third-order valence-corrected chi connectivity index (χ3v) is 3.53. The first-order valence-electron chi connectivity index (χ1n) is 7.15. The summed E-state index contributed by atoms with van der Waals surface area (Å²) in [6.07, 6.45) is 4.37. The Morgan fingerprint density at radius 1 is 1.26 bits per heavy atom. The molecular formula is C15H23N3O. The molecule has 1 fully saturated rings. The largest absolute Gasteiger partial charge is 0.397 e. The van der Waals surface area contributed by atoms with Crippen LogP contribution in [0.5, 0.6) is 0 Å². The molecule has 0 atom stereocenters. The van der Waals surface area contributed by atoms with Crippen molar-refractivity contribution in [3.05, 3.63) is 24.3 Å². The number of carbonyl (C=O) groups excluding carboxylic acids is 1. The fourth-order valence-corrected chi connectivity index (χ4v) is 2.53. The molecule has 0 aromatic heterocycles. The highest BCUT2D eigenvalue weighted by atomic mass is 16.2. The van der Waals surface area contributed by atoms with Gasteiger partial charge in [0.1, 0.15) is 0 Å². The molecule has 1 heterocycles. The number of nitrogens with two attached hydrogens (primary N) is 1. The number of rotatable bonds is 3. The summed E-state index contributed by atoms with van der Waals surface area (Å²) in [6.45, 7) is 4.52. The number of carbonyl (C=O) groups is 1. The smallest absolute Gasteiger partial charge is 0.324 e. The van der Waals surface area contributed by atoms with Crippen LogP contribution in [-0.2, 0) is 0 Å². The minimum atomic E-state index is 0.0967. The first-order valence-corrected chi connectivity index (χ1v) is 7.15. The van der Waals surface area contributed by atoms with Gasteiger partial charge in [0.2, 0.25) is 0 Å². The normalized spacial score (nSPS) is 15.3. The molecule has 2 N–H and O–H groups in total. The van der Waals surface area contributed by atoms with Crippen molar-refractivity contribution in [1.82, 2.24) is 4.90 Å². The van der Waals surface area contributed by atoms with Crippen molar-refractivity contribution in [2.24, 2.45) is 0 Å². The number of likely N-dealkylation sites (tertiary alicyclic amines) is 1. The summed E-state index contributed by atoms with van der Waals surface area (Å²) in [5.41, 5.74) is 7.51. The van der Waals surface area contributed by atoms with Crippen LogP contribution in [0.1, 0.15) is 32.6 Å². The number of para-hydroxylation sites is 2. The molecule has 0 unspecified atom stereocenters. The minimum Gasteiger partial charge on any atom is -0.397 e. The first-order chi connectivity index (χ1) is 9.24. The predicted octanol–water partition coefficient (Wildman–Crippen LogP) is 3.09. The van der Waals surface area contributed by atoms with Crippen LogP contribution < -0.4 is 10.6 Å². The van der Waals surface area contributed by atoms with Gasteiger partial charge in [-0.05, 0) is 37.8 Å². The quantitative estimate of drug-likeness (QED) is 0.850. The molecule has 4 nitrogen and oxygen atoms in total. The molecule has 0 bridgehead atoms. The lowest BCUT2D eigenvalue weighted by Gasteiger charge is -2.33. The van der Waals surface area contributed by atoms with E-state index in [1.807, 2.05) is 34.1 Å². The Balaban J connectivity index is 2.19. The van der Waals surface area contributed by atoms with Crippen LogP contribution in [0.3, 0.4) is 0 Å². The van der Waals surface area contributed by atoms with Gasteiger partial charge in [0.15, 0.2) is 0 Å². The van der Waals surface area contributed by atoms with E-state index in [2.05, 4.69) is 6.92 Å². The van der Waals surface area contributed by atoms with Crippen molar-refractivity contribution in [3.63, 3.8) is 0 Å². The zero-order valence-corrected chi connectivity index (χ0v) is 11.6. The molecule has 4 heteroatoms. The first kappa shape index (κ1) is 13.7. The molecule has 2 rings (SSSR count). The van der Waals surface area contributed by atoms with Gasteiger partial charge in [0.25, 0.3) is 0 Å². The fourth-order valence-electron chi connectivity index (χ4n) is 2.53. The second-order valence-electron chi connectivity index (χ2n) is 5.04. The van der Waals surface area contributed by atoms with Gasteiger partial charge in [-0.15, -0.1) is 0 Å². The van der Waals surface area contributed by atoms with Gasteiger partial charge in [-0.1, -0.05) is 19.1 Å². The summed E-state index contributed by atoms with van der Waals surface area (Å²) in [6, 6.07) is 7.69. The molecule has 2 amide bonds. The molecular weight excluding hydrogens is 238 g/mol. The number of piperidine rings is 1. The number of hydrogen-bond acceptors (Lipinski definition) is 2. The Morgan fingerprint density at radius 3 is 2.58 bits per heavy atom. The van der Waals surface area contributed by atoms with Gasteiger partial charge in [-0.25, -0.2) is 4.79 Å². The summed E-state index contributed by atoms with van der Waals surface area (Å²) in [7, 11) is 0. The summed E-state index contributed by atoms with van der Waals surface area (Å²) in [4.78, 5) is 16.4. The zero-order valence-electron chi connectivity index (χ0n) is 11.6. The summed E-state index contributed by atoms with van der Waals surface area (Å²) in [5.74, 6) is 0. The Kier molecular flexibility index (Phi) is 4.66. The van der Waals surface area contributed by atoms with E-state index in [-0.39, 0.29) is 6.03 Å². The highest BCUT2D eigenvalue weighted by Gasteiger charge is 2.24. The summed E-state index contributed by atoms with van der Waals surface area (Å²) < 4.78 is 0. The average Bonchev–Trinajstić information content (AvgIpc) is 2.46. The Hall–Kier alpha value is -1.71. The molecule has 1 aliphatic rings.